The number of piperazine rings is 1. The van der Waals surface area contributed by atoms with E-state index in [9.17, 15) is 0 Å². The Morgan fingerprint density at radius 2 is 1.86 bits per heavy atom. The van der Waals surface area contributed by atoms with Crippen molar-refractivity contribution in [3.05, 3.63) is 58.4 Å². The molecule has 3 aromatic rings. The first-order chi connectivity index (χ1) is 13.6. The van der Waals surface area contributed by atoms with Gasteiger partial charge in [0.25, 0.3) is 4.84 Å². The number of quaternary nitrogens is 1. The van der Waals surface area contributed by atoms with Crippen molar-refractivity contribution in [3.63, 3.8) is 0 Å². The summed E-state index contributed by atoms with van der Waals surface area (Å²) in [5.41, 5.74) is 1.98. The molecule has 0 spiro atoms. The standard InChI is InChI=1S/C20H21ClN4O2S/c1-26-16-8-6-15(7-9-16)24-12-10-23(11-13-24)14-25-20(28)27-19(22-25)17-4-2-3-5-18(17)21/h2-9H,10-14H2,1H3/p+1. The van der Waals surface area contributed by atoms with Crippen LogP contribution in [0.25, 0.3) is 11.5 Å². The summed E-state index contributed by atoms with van der Waals surface area (Å²) in [5.74, 6) is 1.34. The van der Waals surface area contributed by atoms with Crippen molar-refractivity contribution in [2.45, 2.75) is 6.67 Å². The summed E-state index contributed by atoms with van der Waals surface area (Å²) in [6.45, 7) is 4.64. The van der Waals surface area contributed by atoms with Crippen molar-refractivity contribution in [1.82, 2.24) is 9.78 Å². The number of hydrogen-bond acceptors (Lipinski definition) is 5. The predicted octanol–water partition coefficient (Wildman–Crippen LogP) is 2.90. The average Bonchev–Trinajstić information content (AvgIpc) is 3.09. The van der Waals surface area contributed by atoms with Gasteiger partial charge in [-0.1, -0.05) is 23.7 Å². The number of nitrogens with zero attached hydrogens (tertiary/aromatic N) is 3. The van der Waals surface area contributed by atoms with Gasteiger partial charge < -0.3 is 19.0 Å². The predicted molar refractivity (Wildman–Crippen MR) is 112 cm³/mol. The Labute approximate surface area is 173 Å². The second-order valence-corrected chi connectivity index (χ2v) is 7.50. The maximum Gasteiger partial charge on any atom is 0.292 e. The summed E-state index contributed by atoms with van der Waals surface area (Å²) in [4.78, 5) is 4.18. The lowest BCUT2D eigenvalue weighted by atomic mass is 10.2. The third kappa shape index (κ3) is 4.06. The summed E-state index contributed by atoms with van der Waals surface area (Å²) in [6, 6.07) is 15.7. The lowest BCUT2D eigenvalue weighted by molar-refractivity contribution is -0.924. The quantitative estimate of drug-likeness (QED) is 0.647. The van der Waals surface area contributed by atoms with Gasteiger partial charge in [-0.3, -0.25) is 0 Å². The molecule has 1 saturated heterocycles. The highest BCUT2D eigenvalue weighted by molar-refractivity contribution is 7.71. The number of methoxy groups -OCH3 is 1. The van der Waals surface area contributed by atoms with Gasteiger partial charge in [0.05, 0.1) is 43.9 Å². The van der Waals surface area contributed by atoms with E-state index >= 15 is 0 Å². The SMILES string of the molecule is COc1ccc(N2CC[NH+](Cn3nc(-c4ccccc4Cl)oc3=S)CC2)cc1. The van der Waals surface area contributed by atoms with Gasteiger partial charge in [0.15, 0.2) is 6.67 Å². The number of aromatic nitrogens is 2. The molecule has 0 aliphatic carbocycles. The molecule has 8 heteroatoms. The molecule has 2 aromatic carbocycles. The zero-order valence-electron chi connectivity index (χ0n) is 15.6. The van der Waals surface area contributed by atoms with Gasteiger partial charge in [-0.2, -0.15) is 4.68 Å². The fourth-order valence-corrected chi connectivity index (χ4v) is 3.79. The van der Waals surface area contributed by atoms with E-state index in [-0.39, 0.29) is 0 Å². The number of anilines is 1. The van der Waals surface area contributed by atoms with E-state index < -0.39 is 0 Å². The van der Waals surface area contributed by atoms with Crippen LogP contribution in [0.1, 0.15) is 0 Å². The lowest BCUT2D eigenvalue weighted by Gasteiger charge is -2.33. The summed E-state index contributed by atoms with van der Waals surface area (Å²) in [7, 11) is 1.68. The molecule has 0 unspecified atom stereocenters. The summed E-state index contributed by atoms with van der Waals surface area (Å²) in [6.07, 6.45) is 0. The molecule has 146 valence electrons. The van der Waals surface area contributed by atoms with E-state index in [4.69, 9.17) is 33.0 Å². The van der Waals surface area contributed by atoms with Crippen LogP contribution in [0.2, 0.25) is 5.02 Å². The first-order valence-electron chi connectivity index (χ1n) is 9.19. The number of nitrogens with one attached hydrogen (secondary N) is 1. The molecule has 1 aliphatic heterocycles. The number of benzene rings is 2. The van der Waals surface area contributed by atoms with Crippen LogP contribution in [0.3, 0.4) is 0 Å². The number of halogens is 1. The van der Waals surface area contributed by atoms with E-state index in [0.29, 0.717) is 22.4 Å². The van der Waals surface area contributed by atoms with Crippen molar-refractivity contribution >= 4 is 29.5 Å². The smallest absolute Gasteiger partial charge is 0.292 e. The molecule has 28 heavy (non-hydrogen) atoms. The molecule has 1 aromatic heterocycles. The van der Waals surface area contributed by atoms with Gasteiger partial charge in [-0.25, -0.2) is 0 Å². The highest BCUT2D eigenvalue weighted by Gasteiger charge is 2.22. The molecular formula is C20H22ClN4O2S+. The zero-order chi connectivity index (χ0) is 19.5. The normalized spacial score (nSPS) is 15.0. The molecule has 0 saturated carbocycles. The first-order valence-corrected chi connectivity index (χ1v) is 9.98. The Morgan fingerprint density at radius 1 is 1.14 bits per heavy atom. The second-order valence-electron chi connectivity index (χ2n) is 6.75. The summed E-state index contributed by atoms with van der Waals surface area (Å²) in [5, 5.41) is 5.15. The van der Waals surface area contributed by atoms with E-state index in [1.54, 1.807) is 11.8 Å². The fourth-order valence-electron chi connectivity index (χ4n) is 3.39. The fraction of sp³-hybridized carbons (Fsp3) is 0.300. The van der Waals surface area contributed by atoms with Crippen LogP contribution in [0, 0.1) is 4.84 Å². The van der Waals surface area contributed by atoms with Gasteiger partial charge in [0, 0.05) is 5.69 Å². The van der Waals surface area contributed by atoms with Crippen LogP contribution < -0.4 is 14.5 Å². The Kier molecular flexibility index (Phi) is 5.66. The Balaban J connectivity index is 1.40. The van der Waals surface area contributed by atoms with Gasteiger partial charge >= 0.3 is 0 Å². The number of rotatable bonds is 5. The van der Waals surface area contributed by atoms with E-state index in [0.717, 1.165) is 37.5 Å². The minimum atomic E-state index is 0.375. The van der Waals surface area contributed by atoms with Gasteiger partial charge in [-0.15, -0.1) is 5.10 Å². The third-order valence-corrected chi connectivity index (χ3v) is 5.62. The summed E-state index contributed by atoms with van der Waals surface area (Å²) >= 11 is 11.6. The van der Waals surface area contributed by atoms with Gasteiger partial charge in [0.1, 0.15) is 5.75 Å². The van der Waals surface area contributed by atoms with E-state index in [2.05, 4.69) is 22.1 Å². The topological polar surface area (TPSA) is 47.9 Å². The van der Waals surface area contributed by atoms with Crippen molar-refractivity contribution < 1.29 is 14.1 Å². The third-order valence-electron chi connectivity index (χ3n) is 4.99. The summed E-state index contributed by atoms with van der Waals surface area (Å²) < 4.78 is 12.7. The van der Waals surface area contributed by atoms with Crippen molar-refractivity contribution in [1.29, 1.82) is 0 Å². The Morgan fingerprint density at radius 3 is 2.54 bits per heavy atom. The van der Waals surface area contributed by atoms with Gasteiger partial charge in [0.2, 0.25) is 5.89 Å². The molecule has 0 bridgehead atoms. The lowest BCUT2D eigenvalue weighted by Crippen LogP contribution is -3.14. The molecule has 0 radical (unpaired) electrons. The molecular weight excluding hydrogens is 396 g/mol. The molecule has 4 rings (SSSR count). The molecule has 1 N–H and O–H groups in total. The van der Waals surface area contributed by atoms with Crippen LogP contribution in [0.4, 0.5) is 5.69 Å². The van der Waals surface area contributed by atoms with Crippen LogP contribution in [-0.2, 0) is 6.67 Å². The van der Waals surface area contributed by atoms with E-state index in [1.165, 1.54) is 10.6 Å². The first kappa shape index (κ1) is 19.0. The minimum Gasteiger partial charge on any atom is -0.497 e. The van der Waals surface area contributed by atoms with Gasteiger partial charge in [-0.05, 0) is 48.6 Å². The van der Waals surface area contributed by atoms with Crippen molar-refractivity contribution in [2.75, 3.05) is 38.2 Å². The van der Waals surface area contributed by atoms with Crippen LogP contribution >= 0.6 is 23.8 Å². The van der Waals surface area contributed by atoms with E-state index in [1.807, 2.05) is 36.4 Å². The number of ether oxygens (including phenoxy) is 1. The molecule has 0 atom stereocenters. The molecule has 2 heterocycles. The average molecular weight is 418 g/mol. The van der Waals surface area contributed by atoms with Crippen LogP contribution in [0.15, 0.2) is 52.9 Å². The molecule has 0 amide bonds. The maximum atomic E-state index is 6.24. The molecule has 1 fully saturated rings. The monoisotopic (exact) mass is 417 g/mol. The molecule has 1 aliphatic rings. The van der Waals surface area contributed by atoms with Crippen LogP contribution in [0.5, 0.6) is 5.75 Å². The van der Waals surface area contributed by atoms with Crippen molar-refractivity contribution in [2.24, 2.45) is 0 Å². The highest BCUT2D eigenvalue weighted by Crippen LogP contribution is 2.26. The second kappa shape index (κ2) is 8.34. The Bertz CT molecular complexity index is 994. The maximum absolute atomic E-state index is 6.24. The highest BCUT2D eigenvalue weighted by atomic mass is 35.5. The van der Waals surface area contributed by atoms with Crippen LogP contribution in [-0.4, -0.2) is 43.1 Å². The largest absolute Gasteiger partial charge is 0.497 e. The zero-order valence-corrected chi connectivity index (χ0v) is 17.2. The minimum absolute atomic E-state index is 0.375. The molecule has 6 nitrogen and oxygen atoms in total. The van der Waals surface area contributed by atoms with Crippen molar-refractivity contribution in [3.8, 4) is 17.2 Å². The Hall–Kier alpha value is -2.35. The number of hydrogen-bond donors (Lipinski definition) is 1.